The van der Waals surface area contributed by atoms with E-state index in [2.05, 4.69) is 4.98 Å². The highest BCUT2D eigenvalue weighted by molar-refractivity contribution is 5.69. The van der Waals surface area contributed by atoms with Crippen LogP contribution in [0.2, 0.25) is 0 Å². The zero-order chi connectivity index (χ0) is 17.6. The maximum Gasteiger partial charge on any atom is 0.330 e. The predicted molar refractivity (Wildman–Crippen MR) is 86.9 cm³/mol. The quantitative estimate of drug-likeness (QED) is 0.567. The smallest absolute Gasteiger partial charge is 0.330 e. The number of nitrogens with zero attached hydrogens (tertiary/aromatic N) is 2. The van der Waals surface area contributed by atoms with Gasteiger partial charge in [-0.2, -0.15) is 0 Å². The van der Waals surface area contributed by atoms with Crippen LogP contribution in [0.25, 0.3) is 0 Å². The van der Waals surface area contributed by atoms with Gasteiger partial charge in [0.25, 0.3) is 5.56 Å². The fourth-order valence-corrected chi connectivity index (χ4v) is 2.20. The first-order valence-electron chi connectivity index (χ1n) is 7.36. The minimum absolute atomic E-state index is 0.0361. The summed E-state index contributed by atoms with van der Waals surface area (Å²) in [6.07, 6.45) is -0.161. The molecule has 1 heterocycles. The molecule has 0 fully saturated rings. The van der Waals surface area contributed by atoms with Gasteiger partial charge < -0.3 is 20.5 Å². The minimum Gasteiger partial charge on any atom is -0.481 e. The highest BCUT2D eigenvalue weighted by atomic mass is 16.5. The van der Waals surface area contributed by atoms with Crippen LogP contribution in [0.5, 0.6) is 0 Å². The molecule has 0 saturated carbocycles. The normalized spacial score (nSPS) is 11.0. The average molecular weight is 328 g/mol. The van der Waals surface area contributed by atoms with Crippen molar-refractivity contribution < 1.29 is 14.6 Å². The van der Waals surface area contributed by atoms with Gasteiger partial charge in [-0.05, 0) is 5.92 Å². The second-order valence-corrected chi connectivity index (χ2v) is 5.62. The number of hydrogen-bond donors (Lipinski definition) is 3. The number of aliphatic carboxylic acids is 1. The molecule has 23 heavy (non-hydrogen) atoms. The Hall–Kier alpha value is -2.29. The molecule has 0 amide bonds. The number of nitrogen functional groups attached to an aromatic ring is 1. The molecule has 0 aliphatic rings. The lowest BCUT2D eigenvalue weighted by Crippen LogP contribution is -2.40. The Balaban J connectivity index is 3.30. The first kappa shape index (κ1) is 18.8. The van der Waals surface area contributed by atoms with Crippen molar-refractivity contribution >= 4 is 17.5 Å². The second kappa shape index (κ2) is 8.37. The number of nitrogens with two attached hydrogens (primary N) is 1. The molecule has 1 aromatic heterocycles. The molecule has 0 atom stereocenters. The molecule has 9 nitrogen and oxygen atoms in total. The summed E-state index contributed by atoms with van der Waals surface area (Å²) in [7, 11) is 1.50. The van der Waals surface area contributed by atoms with Gasteiger partial charge in [-0.25, -0.2) is 4.79 Å². The van der Waals surface area contributed by atoms with Gasteiger partial charge in [0.05, 0.1) is 13.0 Å². The Kier molecular flexibility index (Phi) is 6.83. The zero-order valence-corrected chi connectivity index (χ0v) is 13.7. The monoisotopic (exact) mass is 328 g/mol. The molecule has 0 aliphatic heterocycles. The second-order valence-electron chi connectivity index (χ2n) is 5.62. The van der Waals surface area contributed by atoms with Gasteiger partial charge in [0.1, 0.15) is 11.5 Å². The number of H-pyrrole nitrogens is 1. The molecular formula is C14H24N4O5. The number of carbonyl (C=O) groups is 1. The van der Waals surface area contributed by atoms with Crippen LogP contribution in [-0.4, -0.2) is 47.4 Å². The molecule has 0 bridgehead atoms. The maximum absolute atomic E-state index is 12.2. The van der Waals surface area contributed by atoms with Crippen LogP contribution in [0, 0.1) is 5.92 Å². The summed E-state index contributed by atoms with van der Waals surface area (Å²) >= 11 is 0. The van der Waals surface area contributed by atoms with Gasteiger partial charge in [-0.1, -0.05) is 13.8 Å². The van der Waals surface area contributed by atoms with E-state index in [4.69, 9.17) is 15.6 Å². The molecule has 0 saturated heterocycles. The van der Waals surface area contributed by atoms with Gasteiger partial charge in [0, 0.05) is 26.7 Å². The van der Waals surface area contributed by atoms with E-state index in [-0.39, 0.29) is 36.9 Å². The van der Waals surface area contributed by atoms with Crippen LogP contribution >= 0.6 is 0 Å². The van der Waals surface area contributed by atoms with Crippen LogP contribution in [0.15, 0.2) is 9.59 Å². The number of carboxylic acid groups (broad SMARTS) is 1. The largest absolute Gasteiger partial charge is 0.481 e. The van der Waals surface area contributed by atoms with Gasteiger partial charge in [0.15, 0.2) is 0 Å². The summed E-state index contributed by atoms with van der Waals surface area (Å²) < 4.78 is 6.28. The van der Waals surface area contributed by atoms with Crippen molar-refractivity contribution in [2.24, 2.45) is 5.92 Å². The first-order chi connectivity index (χ1) is 10.8. The minimum atomic E-state index is -0.988. The Bertz CT molecular complexity index is 650. The lowest BCUT2D eigenvalue weighted by molar-refractivity contribution is -0.136. The fourth-order valence-electron chi connectivity index (χ4n) is 2.20. The van der Waals surface area contributed by atoms with E-state index in [9.17, 15) is 14.4 Å². The zero-order valence-electron chi connectivity index (χ0n) is 13.7. The van der Waals surface area contributed by atoms with E-state index < -0.39 is 17.2 Å². The van der Waals surface area contributed by atoms with E-state index >= 15 is 0 Å². The van der Waals surface area contributed by atoms with Crippen molar-refractivity contribution in [1.29, 1.82) is 0 Å². The number of rotatable bonds is 9. The van der Waals surface area contributed by atoms with Crippen molar-refractivity contribution in [3.8, 4) is 0 Å². The van der Waals surface area contributed by atoms with Gasteiger partial charge >= 0.3 is 11.7 Å². The number of nitrogens with one attached hydrogen (secondary N) is 1. The van der Waals surface area contributed by atoms with Gasteiger partial charge in [0.2, 0.25) is 0 Å². The first-order valence-corrected chi connectivity index (χ1v) is 7.36. The number of aromatic nitrogens is 2. The number of methoxy groups -OCH3 is 1. The lowest BCUT2D eigenvalue weighted by Gasteiger charge is -2.25. The average Bonchev–Trinajstić information content (AvgIpc) is 2.45. The van der Waals surface area contributed by atoms with Crippen LogP contribution in [0.1, 0.15) is 20.3 Å². The third-order valence-corrected chi connectivity index (χ3v) is 3.24. The van der Waals surface area contributed by atoms with Gasteiger partial charge in [-0.15, -0.1) is 0 Å². The van der Waals surface area contributed by atoms with E-state index in [1.165, 1.54) is 16.6 Å². The van der Waals surface area contributed by atoms with Crippen LogP contribution in [0.4, 0.5) is 11.5 Å². The molecule has 0 aromatic carbocycles. The van der Waals surface area contributed by atoms with Crippen LogP contribution in [0.3, 0.4) is 0 Å². The molecule has 130 valence electrons. The molecule has 9 heteroatoms. The summed E-state index contributed by atoms with van der Waals surface area (Å²) in [5.74, 6) is -0.799. The number of ether oxygens (including phenoxy) is 1. The van der Waals surface area contributed by atoms with E-state index in [1.54, 1.807) is 0 Å². The number of hydrogen-bond acceptors (Lipinski definition) is 6. The fraction of sp³-hybridized carbons (Fsp3) is 0.643. The summed E-state index contributed by atoms with van der Waals surface area (Å²) in [6, 6.07) is 0. The highest BCUT2D eigenvalue weighted by Gasteiger charge is 2.19. The lowest BCUT2D eigenvalue weighted by atomic mass is 10.2. The van der Waals surface area contributed by atoms with Crippen molar-refractivity contribution in [3.63, 3.8) is 0 Å². The summed E-state index contributed by atoms with van der Waals surface area (Å²) in [5, 5.41) is 8.86. The SMILES string of the molecule is COCCN(CCC(=O)O)c1c(N)n(CC(C)C)c(=O)[nH]c1=O. The van der Waals surface area contributed by atoms with Crippen molar-refractivity contribution in [2.75, 3.05) is 37.4 Å². The molecule has 0 aliphatic carbocycles. The van der Waals surface area contributed by atoms with E-state index in [1.807, 2.05) is 13.8 Å². The van der Waals surface area contributed by atoms with E-state index in [0.717, 1.165) is 0 Å². The van der Waals surface area contributed by atoms with Crippen LogP contribution in [-0.2, 0) is 16.1 Å². The molecule has 1 rings (SSSR count). The Morgan fingerprint density at radius 3 is 2.57 bits per heavy atom. The molecule has 0 spiro atoms. The number of anilines is 2. The summed E-state index contributed by atoms with van der Waals surface area (Å²) in [5.41, 5.74) is 4.92. The van der Waals surface area contributed by atoms with Gasteiger partial charge in [-0.3, -0.25) is 19.1 Å². The molecule has 0 radical (unpaired) electrons. The maximum atomic E-state index is 12.2. The Morgan fingerprint density at radius 2 is 2.04 bits per heavy atom. The number of aromatic amines is 1. The number of carboxylic acids is 1. The van der Waals surface area contributed by atoms with Crippen molar-refractivity contribution in [2.45, 2.75) is 26.8 Å². The molecule has 0 unspecified atom stereocenters. The van der Waals surface area contributed by atoms with Crippen molar-refractivity contribution in [1.82, 2.24) is 9.55 Å². The topological polar surface area (TPSA) is 131 Å². The standard InChI is InChI=1S/C14H24N4O5/c1-9(2)8-18-12(15)11(13(21)16-14(18)22)17(6-7-23-3)5-4-10(19)20/h9H,4-8,15H2,1-3H3,(H,19,20)(H,16,21,22). The van der Waals surface area contributed by atoms with Crippen LogP contribution < -0.4 is 21.9 Å². The summed E-state index contributed by atoms with van der Waals surface area (Å²) in [6.45, 7) is 4.86. The third kappa shape index (κ3) is 5.13. The summed E-state index contributed by atoms with van der Waals surface area (Å²) in [4.78, 5) is 38.7. The Labute approximate surface area is 133 Å². The molecule has 4 N–H and O–H groups in total. The predicted octanol–water partition coefficient (Wildman–Crippen LogP) is -0.298. The molecular weight excluding hydrogens is 304 g/mol. The Morgan fingerprint density at radius 1 is 1.39 bits per heavy atom. The third-order valence-electron chi connectivity index (χ3n) is 3.24. The highest BCUT2D eigenvalue weighted by Crippen LogP contribution is 2.17. The molecule has 1 aromatic rings. The van der Waals surface area contributed by atoms with E-state index in [0.29, 0.717) is 13.2 Å². The van der Waals surface area contributed by atoms with Crippen molar-refractivity contribution in [3.05, 3.63) is 20.8 Å².